The summed E-state index contributed by atoms with van der Waals surface area (Å²) in [7, 11) is 2.03. The van der Waals surface area contributed by atoms with Crippen LogP contribution in [0.3, 0.4) is 0 Å². The minimum atomic E-state index is 0.741. The number of morpholine rings is 1. The lowest BCUT2D eigenvalue weighted by molar-refractivity contribution is 0.0330. The molecular formula is C21H24N6OS3. The van der Waals surface area contributed by atoms with Crippen LogP contribution in [0.2, 0.25) is 0 Å². The van der Waals surface area contributed by atoms with Gasteiger partial charge in [-0.1, -0.05) is 6.07 Å². The molecule has 0 aromatic carbocycles. The Kier molecular flexibility index (Phi) is 6.07. The van der Waals surface area contributed by atoms with Crippen molar-refractivity contribution in [3.8, 4) is 0 Å². The number of ether oxygens (including phenoxy) is 1. The van der Waals surface area contributed by atoms with Crippen molar-refractivity contribution in [3.05, 3.63) is 44.5 Å². The van der Waals surface area contributed by atoms with E-state index in [2.05, 4.69) is 51.0 Å². The molecule has 4 aromatic heterocycles. The van der Waals surface area contributed by atoms with Crippen molar-refractivity contribution in [2.75, 3.05) is 26.3 Å². The summed E-state index contributed by atoms with van der Waals surface area (Å²) in [5.74, 6) is 1.82. The summed E-state index contributed by atoms with van der Waals surface area (Å²) in [6.07, 6.45) is 0.791. The molecule has 1 fully saturated rings. The van der Waals surface area contributed by atoms with Crippen molar-refractivity contribution < 1.29 is 4.74 Å². The Labute approximate surface area is 193 Å². The van der Waals surface area contributed by atoms with Crippen LogP contribution in [0.4, 0.5) is 0 Å². The van der Waals surface area contributed by atoms with Gasteiger partial charge in [0, 0.05) is 41.7 Å². The first-order valence-electron chi connectivity index (χ1n) is 10.2. The summed E-state index contributed by atoms with van der Waals surface area (Å²) >= 11 is 5.07. The average Bonchev–Trinajstić information content (AvgIpc) is 3.46. The molecule has 5 heterocycles. The first-order chi connectivity index (χ1) is 15.1. The van der Waals surface area contributed by atoms with Gasteiger partial charge >= 0.3 is 0 Å². The number of thiophene rings is 2. The Morgan fingerprint density at radius 3 is 2.77 bits per heavy atom. The highest BCUT2D eigenvalue weighted by Crippen LogP contribution is 2.37. The number of aromatic nitrogens is 5. The maximum atomic E-state index is 5.48. The first-order valence-corrected chi connectivity index (χ1v) is 12.7. The summed E-state index contributed by atoms with van der Waals surface area (Å²) in [5, 5.41) is 14.0. The zero-order valence-electron chi connectivity index (χ0n) is 17.8. The fourth-order valence-electron chi connectivity index (χ4n) is 3.60. The van der Waals surface area contributed by atoms with Crippen LogP contribution < -0.4 is 0 Å². The lowest BCUT2D eigenvalue weighted by atomic mass is 10.2. The number of fused-ring (bicyclic) bond motifs is 1. The second-order valence-electron chi connectivity index (χ2n) is 7.61. The van der Waals surface area contributed by atoms with Crippen LogP contribution in [0.25, 0.3) is 10.2 Å². The van der Waals surface area contributed by atoms with E-state index in [1.54, 1.807) is 34.4 Å². The van der Waals surface area contributed by atoms with Gasteiger partial charge in [0.2, 0.25) is 0 Å². The van der Waals surface area contributed by atoms with E-state index in [1.165, 1.54) is 15.3 Å². The molecule has 1 aliphatic heterocycles. The molecule has 31 heavy (non-hydrogen) atoms. The van der Waals surface area contributed by atoms with Gasteiger partial charge in [0.05, 0.1) is 19.8 Å². The molecule has 0 atom stereocenters. The van der Waals surface area contributed by atoms with Crippen molar-refractivity contribution in [1.82, 2.24) is 29.6 Å². The Morgan fingerprint density at radius 2 is 2.00 bits per heavy atom. The molecule has 5 rings (SSSR count). The highest BCUT2D eigenvalue weighted by molar-refractivity contribution is 7.99. The Hall–Kier alpha value is -1.85. The molecule has 0 aliphatic carbocycles. The second kappa shape index (κ2) is 8.95. The summed E-state index contributed by atoms with van der Waals surface area (Å²) < 4.78 is 7.56. The topological polar surface area (TPSA) is 69.0 Å². The van der Waals surface area contributed by atoms with E-state index in [1.807, 2.05) is 7.05 Å². The number of hydrogen-bond donors (Lipinski definition) is 0. The third kappa shape index (κ3) is 4.40. The molecule has 1 saturated heterocycles. The van der Waals surface area contributed by atoms with Gasteiger partial charge in [0.1, 0.15) is 21.5 Å². The Balaban J connectivity index is 1.47. The minimum absolute atomic E-state index is 0.741. The molecule has 0 N–H and O–H groups in total. The normalized spacial score (nSPS) is 15.2. The largest absolute Gasteiger partial charge is 0.379 e. The predicted molar refractivity (Wildman–Crippen MR) is 125 cm³/mol. The molecule has 162 valence electrons. The third-order valence-electron chi connectivity index (χ3n) is 5.54. The number of hydrogen-bond acceptors (Lipinski definition) is 9. The molecule has 0 radical (unpaired) electrons. The van der Waals surface area contributed by atoms with Gasteiger partial charge in [-0.05, 0) is 42.6 Å². The molecule has 0 unspecified atom stereocenters. The molecule has 0 saturated carbocycles. The van der Waals surface area contributed by atoms with E-state index in [0.29, 0.717) is 0 Å². The van der Waals surface area contributed by atoms with Gasteiger partial charge in [-0.2, -0.15) is 0 Å². The van der Waals surface area contributed by atoms with Crippen LogP contribution in [0, 0.1) is 13.8 Å². The first kappa shape index (κ1) is 21.0. The van der Waals surface area contributed by atoms with E-state index in [9.17, 15) is 0 Å². The van der Waals surface area contributed by atoms with E-state index >= 15 is 0 Å². The monoisotopic (exact) mass is 472 g/mol. The summed E-state index contributed by atoms with van der Waals surface area (Å²) in [6, 6.07) is 4.21. The van der Waals surface area contributed by atoms with Gasteiger partial charge in [0.15, 0.2) is 5.16 Å². The van der Waals surface area contributed by atoms with Crippen LogP contribution in [0.1, 0.15) is 27.0 Å². The van der Waals surface area contributed by atoms with Gasteiger partial charge in [-0.15, -0.1) is 32.9 Å². The molecular weight excluding hydrogens is 448 g/mol. The number of rotatable bonds is 6. The molecule has 4 aromatic rings. The van der Waals surface area contributed by atoms with Crippen molar-refractivity contribution in [2.24, 2.45) is 7.05 Å². The van der Waals surface area contributed by atoms with Gasteiger partial charge in [0.25, 0.3) is 0 Å². The molecule has 0 amide bonds. The molecule has 7 nitrogen and oxygen atoms in total. The summed E-state index contributed by atoms with van der Waals surface area (Å²) in [5.41, 5.74) is 1.25. The standard InChI is InChI=1S/C21H24N6OS3/c1-13-14(2)30-19-18(13)20(23-16(22-19)12-27-6-8-28-9-7-27)31-21-25-24-17(26(21)3)11-15-5-4-10-29-15/h4-5,10H,6-9,11-12H2,1-3H3. The maximum Gasteiger partial charge on any atom is 0.197 e. The molecule has 0 bridgehead atoms. The van der Waals surface area contributed by atoms with Crippen molar-refractivity contribution in [3.63, 3.8) is 0 Å². The maximum absolute atomic E-state index is 5.48. The lowest BCUT2D eigenvalue weighted by Crippen LogP contribution is -2.36. The van der Waals surface area contributed by atoms with Crippen molar-refractivity contribution in [1.29, 1.82) is 0 Å². The zero-order valence-corrected chi connectivity index (χ0v) is 20.2. The number of aryl methyl sites for hydroxylation is 2. The highest BCUT2D eigenvalue weighted by Gasteiger charge is 2.20. The van der Waals surface area contributed by atoms with Crippen LogP contribution >= 0.6 is 34.4 Å². The van der Waals surface area contributed by atoms with Gasteiger partial charge in [-0.25, -0.2) is 9.97 Å². The SMILES string of the molecule is Cc1sc2nc(CN3CCOCC3)nc(Sc3nnc(Cc4cccs4)n3C)c2c1C. The van der Waals surface area contributed by atoms with Crippen LogP contribution in [-0.4, -0.2) is 55.9 Å². The fraction of sp³-hybridized carbons (Fsp3) is 0.429. The van der Waals surface area contributed by atoms with Gasteiger partial charge in [-0.3, -0.25) is 4.90 Å². The fourth-order valence-corrected chi connectivity index (χ4v) is 6.42. The van der Waals surface area contributed by atoms with Crippen LogP contribution in [0.15, 0.2) is 27.7 Å². The smallest absolute Gasteiger partial charge is 0.197 e. The zero-order chi connectivity index (χ0) is 21.4. The highest BCUT2D eigenvalue weighted by atomic mass is 32.2. The van der Waals surface area contributed by atoms with E-state index in [-0.39, 0.29) is 0 Å². The van der Waals surface area contributed by atoms with E-state index in [4.69, 9.17) is 14.7 Å². The average molecular weight is 473 g/mol. The minimum Gasteiger partial charge on any atom is -0.379 e. The van der Waals surface area contributed by atoms with Crippen LogP contribution in [0.5, 0.6) is 0 Å². The molecule has 1 aliphatic rings. The Morgan fingerprint density at radius 1 is 1.16 bits per heavy atom. The summed E-state index contributed by atoms with van der Waals surface area (Å²) in [6.45, 7) is 8.43. The second-order valence-corrected chi connectivity index (χ2v) is 10.8. The van der Waals surface area contributed by atoms with E-state index in [0.717, 1.165) is 71.3 Å². The van der Waals surface area contributed by atoms with Gasteiger partial charge < -0.3 is 9.30 Å². The van der Waals surface area contributed by atoms with Crippen LogP contribution in [-0.2, 0) is 24.8 Å². The van der Waals surface area contributed by atoms with Crippen molar-refractivity contribution >= 4 is 44.7 Å². The lowest BCUT2D eigenvalue weighted by Gasteiger charge is -2.25. The van der Waals surface area contributed by atoms with E-state index < -0.39 is 0 Å². The Bertz CT molecular complexity index is 1190. The summed E-state index contributed by atoms with van der Waals surface area (Å²) in [4.78, 5) is 15.9. The quantitative estimate of drug-likeness (QED) is 0.392. The molecule has 0 spiro atoms. The molecule has 10 heteroatoms. The van der Waals surface area contributed by atoms with Crippen molar-refractivity contribution in [2.45, 2.75) is 37.0 Å². The predicted octanol–water partition coefficient (Wildman–Crippen LogP) is 4.07. The number of nitrogens with zero attached hydrogens (tertiary/aromatic N) is 6. The third-order valence-corrected chi connectivity index (χ3v) is 8.54.